The Hall–Kier alpha value is -2.89. The molecule has 0 saturated heterocycles. The van der Waals surface area contributed by atoms with Crippen LogP contribution in [0.25, 0.3) is 0 Å². The first-order valence-corrected chi connectivity index (χ1v) is 7.28. The smallest absolute Gasteiger partial charge is 0.262 e. The average molecular weight is 331 g/mol. The summed E-state index contributed by atoms with van der Waals surface area (Å²) < 4.78 is 24.0. The van der Waals surface area contributed by atoms with Crippen molar-refractivity contribution in [3.63, 3.8) is 0 Å². The number of carbonyl (C=O) groups excluding carboxylic acids is 2. The van der Waals surface area contributed by atoms with E-state index in [4.69, 9.17) is 9.47 Å². The van der Waals surface area contributed by atoms with Crippen molar-refractivity contribution in [2.45, 2.75) is 13.8 Å². The Kier molecular flexibility index (Phi) is 5.52. The van der Waals surface area contributed by atoms with Gasteiger partial charge in [0, 0.05) is 11.3 Å². The first-order valence-electron chi connectivity index (χ1n) is 7.28. The van der Waals surface area contributed by atoms with Gasteiger partial charge in [0.15, 0.2) is 23.9 Å². The van der Waals surface area contributed by atoms with Crippen LogP contribution in [0.4, 0.5) is 10.1 Å². The molecule has 0 bridgehead atoms. The van der Waals surface area contributed by atoms with Crippen molar-refractivity contribution in [1.29, 1.82) is 0 Å². The van der Waals surface area contributed by atoms with Gasteiger partial charge in [-0.1, -0.05) is 6.07 Å². The predicted octanol–water partition coefficient (Wildman–Crippen LogP) is 3.36. The Bertz CT molecular complexity index is 774. The molecular weight excluding hydrogens is 313 g/mol. The molecule has 0 heterocycles. The van der Waals surface area contributed by atoms with Crippen LogP contribution in [0.5, 0.6) is 11.5 Å². The molecule has 0 radical (unpaired) electrons. The number of rotatable bonds is 6. The van der Waals surface area contributed by atoms with Gasteiger partial charge >= 0.3 is 0 Å². The maximum absolute atomic E-state index is 13.5. The van der Waals surface area contributed by atoms with Crippen LogP contribution in [0, 0.1) is 12.7 Å². The van der Waals surface area contributed by atoms with E-state index in [2.05, 4.69) is 5.32 Å². The zero-order valence-electron chi connectivity index (χ0n) is 13.7. The Morgan fingerprint density at radius 2 is 1.88 bits per heavy atom. The lowest BCUT2D eigenvalue weighted by atomic mass is 10.1. The minimum absolute atomic E-state index is 0.0982. The van der Waals surface area contributed by atoms with Gasteiger partial charge in [0.25, 0.3) is 5.91 Å². The zero-order valence-corrected chi connectivity index (χ0v) is 13.7. The fourth-order valence-corrected chi connectivity index (χ4v) is 2.02. The number of ether oxygens (including phenoxy) is 2. The number of nitrogens with one attached hydrogen (secondary N) is 1. The fourth-order valence-electron chi connectivity index (χ4n) is 2.02. The summed E-state index contributed by atoms with van der Waals surface area (Å²) in [6, 6.07) is 9.14. The van der Waals surface area contributed by atoms with E-state index in [9.17, 15) is 14.0 Å². The number of amides is 1. The number of aryl methyl sites for hydroxylation is 1. The van der Waals surface area contributed by atoms with Crippen LogP contribution >= 0.6 is 0 Å². The van der Waals surface area contributed by atoms with Crippen molar-refractivity contribution in [1.82, 2.24) is 0 Å². The van der Waals surface area contributed by atoms with Gasteiger partial charge in [0.1, 0.15) is 5.82 Å². The lowest BCUT2D eigenvalue weighted by Crippen LogP contribution is -2.20. The van der Waals surface area contributed by atoms with Crippen LogP contribution < -0.4 is 14.8 Å². The molecule has 2 rings (SSSR count). The number of benzene rings is 2. The molecular formula is C18H18FNO4. The molecule has 2 aromatic carbocycles. The second-order valence-corrected chi connectivity index (χ2v) is 5.22. The summed E-state index contributed by atoms with van der Waals surface area (Å²) in [5, 5.41) is 2.55. The summed E-state index contributed by atoms with van der Waals surface area (Å²) in [5.41, 5.74) is 1.34. The molecule has 0 aliphatic rings. The number of hydrogen-bond acceptors (Lipinski definition) is 4. The summed E-state index contributed by atoms with van der Waals surface area (Å²) in [6.07, 6.45) is 0. The highest BCUT2D eigenvalue weighted by Gasteiger charge is 2.11. The fraction of sp³-hybridized carbons (Fsp3) is 0.222. The first-order chi connectivity index (χ1) is 11.4. The van der Waals surface area contributed by atoms with Gasteiger partial charge in [-0.2, -0.15) is 0 Å². The van der Waals surface area contributed by atoms with Crippen molar-refractivity contribution in [2.24, 2.45) is 0 Å². The molecule has 2 aromatic rings. The SMILES string of the molecule is COc1cc(C(C)=O)ccc1OCC(=O)Nc1ccc(C)c(F)c1. The number of carbonyl (C=O) groups is 2. The van der Waals surface area contributed by atoms with Gasteiger partial charge in [-0.3, -0.25) is 9.59 Å². The minimum Gasteiger partial charge on any atom is -0.493 e. The highest BCUT2D eigenvalue weighted by Crippen LogP contribution is 2.28. The normalized spacial score (nSPS) is 10.2. The van der Waals surface area contributed by atoms with Gasteiger partial charge in [-0.15, -0.1) is 0 Å². The third-order valence-electron chi connectivity index (χ3n) is 3.38. The Labute approximate surface area is 139 Å². The van der Waals surface area contributed by atoms with Crippen LogP contribution in [0.3, 0.4) is 0 Å². The third kappa shape index (κ3) is 4.32. The number of anilines is 1. The van der Waals surface area contributed by atoms with E-state index < -0.39 is 11.7 Å². The maximum Gasteiger partial charge on any atom is 0.262 e. The molecule has 0 aliphatic carbocycles. The summed E-state index contributed by atoms with van der Waals surface area (Å²) in [7, 11) is 1.45. The lowest BCUT2D eigenvalue weighted by Gasteiger charge is -2.12. The summed E-state index contributed by atoms with van der Waals surface area (Å²) >= 11 is 0. The van der Waals surface area contributed by atoms with Crippen LogP contribution in [0.2, 0.25) is 0 Å². The Balaban J connectivity index is 2.00. The van der Waals surface area contributed by atoms with Crippen molar-refractivity contribution >= 4 is 17.4 Å². The number of Topliss-reactive ketones (excluding diaryl/α,β-unsaturated/α-hetero) is 1. The molecule has 6 heteroatoms. The van der Waals surface area contributed by atoms with E-state index in [1.807, 2.05) is 0 Å². The van der Waals surface area contributed by atoms with E-state index in [0.717, 1.165) is 0 Å². The summed E-state index contributed by atoms with van der Waals surface area (Å²) in [6.45, 7) is 2.82. The lowest BCUT2D eigenvalue weighted by molar-refractivity contribution is -0.118. The van der Waals surface area contributed by atoms with Gasteiger partial charge < -0.3 is 14.8 Å². The Morgan fingerprint density at radius 1 is 1.12 bits per heavy atom. The molecule has 0 unspecified atom stereocenters. The highest BCUT2D eigenvalue weighted by molar-refractivity contribution is 5.95. The predicted molar refractivity (Wildman–Crippen MR) is 88.3 cm³/mol. The van der Waals surface area contributed by atoms with Crippen LogP contribution in [0.15, 0.2) is 36.4 Å². The quantitative estimate of drug-likeness (QED) is 0.824. The van der Waals surface area contributed by atoms with E-state index in [-0.39, 0.29) is 12.4 Å². The van der Waals surface area contributed by atoms with Gasteiger partial charge in [-0.05, 0) is 49.7 Å². The molecule has 24 heavy (non-hydrogen) atoms. The van der Waals surface area contributed by atoms with E-state index in [1.54, 1.807) is 37.3 Å². The number of halogens is 1. The van der Waals surface area contributed by atoms with Crippen LogP contribution in [-0.2, 0) is 4.79 Å². The number of hydrogen-bond donors (Lipinski definition) is 1. The highest BCUT2D eigenvalue weighted by atomic mass is 19.1. The van der Waals surface area contributed by atoms with E-state index >= 15 is 0 Å². The van der Waals surface area contributed by atoms with E-state index in [0.29, 0.717) is 28.3 Å². The largest absolute Gasteiger partial charge is 0.493 e. The standard InChI is InChI=1S/C18H18FNO4/c1-11-4-6-14(9-15(11)19)20-18(22)10-24-16-7-5-13(12(2)21)8-17(16)23-3/h4-9H,10H2,1-3H3,(H,20,22). The molecule has 0 spiro atoms. The summed E-state index contributed by atoms with van der Waals surface area (Å²) in [4.78, 5) is 23.3. The molecule has 5 nitrogen and oxygen atoms in total. The van der Waals surface area contributed by atoms with Gasteiger partial charge in [-0.25, -0.2) is 4.39 Å². The molecule has 0 aromatic heterocycles. The third-order valence-corrected chi connectivity index (χ3v) is 3.38. The van der Waals surface area contributed by atoms with Crippen molar-refractivity contribution < 1.29 is 23.5 Å². The maximum atomic E-state index is 13.5. The topological polar surface area (TPSA) is 64.6 Å². The molecule has 0 saturated carbocycles. The molecule has 0 atom stereocenters. The van der Waals surface area contributed by atoms with Crippen LogP contribution in [-0.4, -0.2) is 25.4 Å². The average Bonchev–Trinajstić information content (AvgIpc) is 2.56. The van der Waals surface area contributed by atoms with Crippen LogP contribution in [0.1, 0.15) is 22.8 Å². The van der Waals surface area contributed by atoms with Crippen molar-refractivity contribution in [2.75, 3.05) is 19.0 Å². The van der Waals surface area contributed by atoms with Crippen molar-refractivity contribution in [3.05, 3.63) is 53.3 Å². The van der Waals surface area contributed by atoms with Gasteiger partial charge in [0.2, 0.25) is 0 Å². The van der Waals surface area contributed by atoms with Crippen molar-refractivity contribution in [3.8, 4) is 11.5 Å². The molecule has 0 fully saturated rings. The summed E-state index contributed by atoms with van der Waals surface area (Å²) in [5.74, 6) is -0.227. The van der Waals surface area contributed by atoms with Gasteiger partial charge in [0.05, 0.1) is 7.11 Å². The molecule has 1 amide bonds. The first kappa shape index (κ1) is 17.5. The molecule has 1 N–H and O–H groups in total. The molecule has 126 valence electrons. The second-order valence-electron chi connectivity index (χ2n) is 5.22. The number of methoxy groups -OCH3 is 1. The minimum atomic E-state index is -0.434. The molecule has 0 aliphatic heterocycles. The zero-order chi connectivity index (χ0) is 17.7. The van der Waals surface area contributed by atoms with E-state index in [1.165, 1.54) is 20.1 Å². The monoisotopic (exact) mass is 331 g/mol. The second kappa shape index (κ2) is 7.59. The number of ketones is 1. The Morgan fingerprint density at radius 3 is 2.50 bits per heavy atom.